The van der Waals surface area contributed by atoms with Crippen LogP contribution in [0.1, 0.15) is 39.5 Å². The molecule has 1 rings (SSSR count). The van der Waals surface area contributed by atoms with E-state index >= 15 is 0 Å². The lowest BCUT2D eigenvalue weighted by atomic mass is 10.1. The summed E-state index contributed by atoms with van der Waals surface area (Å²) in [6, 6.07) is 0.450. The summed E-state index contributed by atoms with van der Waals surface area (Å²) in [5.41, 5.74) is 0. The molecule has 0 radical (unpaired) electrons. The highest BCUT2D eigenvalue weighted by molar-refractivity contribution is 5.66. The fourth-order valence-corrected chi connectivity index (χ4v) is 2.34. The zero-order valence-electron chi connectivity index (χ0n) is 9.52. The van der Waals surface area contributed by atoms with Crippen LogP contribution in [0, 0.1) is 0 Å². The van der Waals surface area contributed by atoms with E-state index in [-0.39, 0.29) is 18.6 Å². The highest BCUT2D eigenvalue weighted by Crippen LogP contribution is 2.25. The van der Waals surface area contributed by atoms with Gasteiger partial charge in [0.15, 0.2) is 0 Å². The molecular formula is C11H21NO3. The fraction of sp³-hybridized carbons (Fsp3) is 0.909. The van der Waals surface area contributed by atoms with Crippen molar-refractivity contribution in [1.29, 1.82) is 0 Å². The van der Waals surface area contributed by atoms with Crippen LogP contribution < -0.4 is 0 Å². The van der Waals surface area contributed by atoms with E-state index in [1.807, 2.05) is 13.8 Å². The molecule has 1 fully saturated rings. The molecule has 4 nitrogen and oxygen atoms in total. The number of nitrogens with zero attached hydrogens (tertiary/aromatic N) is 1. The third kappa shape index (κ3) is 3.47. The monoisotopic (exact) mass is 215 g/mol. The van der Waals surface area contributed by atoms with E-state index < -0.39 is 5.97 Å². The number of aliphatic hydroxyl groups excluding tert-OH is 1. The van der Waals surface area contributed by atoms with Gasteiger partial charge in [-0.3, -0.25) is 9.69 Å². The van der Waals surface area contributed by atoms with Crippen LogP contribution in [-0.4, -0.2) is 45.8 Å². The Labute approximate surface area is 90.9 Å². The molecule has 4 heteroatoms. The smallest absolute Gasteiger partial charge is 0.304 e. The van der Waals surface area contributed by atoms with Crippen molar-refractivity contribution in [1.82, 2.24) is 4.90 Å². The van der Waals surface area contributed by atoms with Gasteiger partial charge in [-0.1, -0.05) is 0 Å². The summed E-state index contributed by atoms with van der Waals surface area (Å²) >= 11 is 0. The number of carboxylic acids is 1. The Kier molecular flexibility index (Phi) is 4.54. The largest absolute Gasteiger partial charge is 0.481 e. The number of hydrogen-bond acceptors (Lipinski definition) is 3. The van der Waals surface area contributed by atoms with E-state index in [2.05, 4.69) is 4.90 Å². The highest BCUT2D eigenvalue weighted by atomic mass is 16.4. The van der Waals surface area contributed by atoms with Crippen molar-refractivity contribution in [2.24, 2.45) is 0 Å². The number of carbonyl (C=O) groups is 1. The first kappa shape index (κ1) is 12.5. The molecule has 1 aliphatic carbocycles. The lowest BCUT2D eigenvalue weighted by molar-refractivity contribution is -0.137. The minimum Gasteiger partial charge on any atom is -0.481 e. The van der Waals surface area contributed by atoms with E-state index in [1.165, 1.54) is 0 Å². The first-order chi connectivity index (χ1) is 7.02. The molecule has 0 saturated heterocycles. The van der Waals surface area contributed by atoms with E-state index in [1.54, 1.807) is 0 Å². The number of hydrogen-bond donors (Lipinski definition) is 2. The maximum Gasteiger partial charge on any atom is 0.304 e. The van der Waals surface area contributed by atoms with Gasteiger partial charge in [-0.15, -0.1) is 0 Å². The lowest BCUT2D eigenvalue weighted by Crippen LogP contribution is -2.45. The maximum absolute atomic E-state index is 10.5. The van der Waals surface area contributed by atoms with Gasteiger partial charge < -0.3 is 10.2 Å². The van der Waals surface area contributed by atoms with Crippen LogP contribution in [0.4, 0.5) is 0 Å². The van der Waals surface area contributed by atoms with Crippen molar-refractivity contribution in [3.05, 3.63) is 0 Å². The quantitative estimate of drug-likeness (QED) is 0.720. The number of aliphatic carboxylic acids is 1. The average Bonchev–Trinajstić information content (AvgIpc) is 2.51. The zero-order chi connectivity index (χ0) is 11.4. The first-order valence-corrected chi connectivity index (χ1v) is 5.68. The van der Waals surface area contributed by atoms with Crippen molar-refractivity contribution in [3.8, 4) is 0 Å². The minimum absolute atomic E-state index is 0.154. The molecule has 0 spiro atoms. The maximum atomic E-state index is 10.5. The van der Waals surface area contributed by atoms with E-state index in [0.717, 1.165) is 19.3 Å². The molecular weight excluding hydrogens is 194 g/mol. The first-order valence-electron chi connectivity index (χ1n) is 5.68. The van der Waals surface area contributed by atoms with Gasteiger partial charge in [0.25, 0.3) is 0 Å². The van der Waals surface area contributed by atoms with E-state index in [9.17, 15) is 9.90 Å². The molecule has 1 saturated carbocycles. The van der Waals surface area contributed by atoms with Crippen LogP contribution in [0.25, 0.3) is 0 Å². The Morgan fingerprint density at radius 3 is 2.53 bits per heavy atom. The van der Waals surface area contributed by atoms with Crippen LogP contribution in [0.2, 0.25) is 0 Å². The van der Waals surface area contributed by atoms with Gasteiger partial charge in [0.2, 0.25) is 0 Å². The lowest BCUT2D eigenvalue weighted by Gasteiger charge is -2.34. The second-order valence-corrected chi connectivity index (χ2v) is 4.54. The summed E-state index contributed by atoms with van der Waals surface area (Å²) < 4.78 is 0. The van der Waals surface area contributed by atoms with Crippen molar-refractivity contribution in [2.45, 2.75) is 57.7 Å². The van der Waals surface area contributed by atoms with Crippen LogP contribution in [-0.2, 0) is 4.79 Å². The molecule has 88 valence electrons. The summed E-state index contributed by atoms with van der Waals surface area (Å²) in [6.07, 6.45) is 2.75. The van der Waals surface area contributed by atoms with Crippen molar-refractivity contribution < 1.29 is 15.0 Å². The van der Waals surface area contributed by atoms with Gasteiger partial charge in [0.05, 0.1) is 12.5 Å². The minimum atomic E-state index is -0.770. The number of rotatable bonds is 5. The summed E-state index contributed by atoms with van der Waals surface area (Å²) in [7, 11) is 0. The molecule has 2 N–H and O–H groups in total. The average molecular weight is 215 g/mol. The molecule has 0 aliphatic heterocycles. The van der Waals surface area contributed by atoms with Crippen LogP contribution >= 0.6 is 0 Å². The summed E-state index contributed by atoms with van der Waals surface area (Å²) in [5, 5.41) is 18.4. The Morgan fingerprint density at radius 1 is 1.47 bits per heavy atom. The Bertz CT molecular complexity index is 218. The molecule has 2 atom stereocenters. The number of aliphatic hydroxyl groups is 1. The van der Waals surface area contributed by atoms with Crippen LogP contribution in [0.5, 0.6) is 0 Å². The van der Waals surface area contributed by atoms with Gasteiger partial charge in [-0.05, 0) is 33.1 Å². The topological polar surface area (TPSA) is 60.8 Å². The molecule has 0 bridgehead atoms. The van der Waals surface area contributed by atoms with E-state index in [0.29, 0.717) is 12.6 Å². The molecule has 2 unspecified atom stereocenters. The Hall–Kier alpha value is -0.610. The number of carboxylic acid groups (broad SMARTS) is 1. The second-order valence-electron chi connectivity index (χ2n) is 4.54. The van der Waals surface area contributed by atoms with E-state index in [4.69, 9.17) is 5.11 Å². The SMILES string of the molecule is CC(C)N(CCC(=O)O)C1CCCC1O. The summed E-state index contributed by atoms with van der Waals surface area (Å²) in [6.45, 7) is 4.63. The molecule has 0 aromatic heterocycles. The van der Waals surface area contributed by atoms with Crippen molar-refractivity contribution in [3.63, 3.8) is 0 Å². The Balaban J connectivity index is 2.52. The highest BCUT2D eigenvalue weighted by Gasteiger charge is 2.31. The van der Waals surface area contributed by atoms with Gasteiger partial charge in [0.1, 0.15) is 0 Å². The van der Waals surface area contributed by atoms with Crippen LogP contribution in [0.15, 0.2) is 0 Å². The normalized spacial score (nSPS) is 26.5. The van der Waals surface area contributed by atoms with Crippen molar-refractivity contribution >= 4 is 5.97 Å². The third-order valence-electron chi connectivity index (χ3n) is 3.12. The summed E-state index contributed by atoms with van der Waals surface area (Å²) in [4.78, 5) is 12.7. The van der Waals surface area contributed by atoms with Gasteiger partial charge in [-0.25, -0.2) is 0 Å². The molecule has 0 heterocycles. The molecule has 0 amide bonds. The second kappa shape index (κ2) is 5.47. The van der Waals surface area contributed by atoms with Crippen LogP contribution in [0.3, 0.4) is 0 Å². The molecule has 15 heavy (non-hydrogen) atoms. The predicted molar refractivity (Wildman–Crippen MR) is 57.7 cm³/mol. The molecule has 1 aliphatic rings. The summed E-state index contributed by atoms with van der Waals surface area (Å²) in [5.74, 6) is -0.770. The zero-order valence-corrected chi connectivity index (χ0v) is 9.52. The Morgan fingerprint density at radius 2 is 2.13 bits per heavy atom. The van der Waals surface area contributed by atoms with Gasteiger partial charge in [0, 0.05) is 18.6 Å². The third-order valence-corrected chi connectivity index (χ3v) is 3.12. The molecule has 0 aromatic rings. The fourth-order valence-electron chi connectivity index (χ4n) is 2.34. The predicted octanol–water partition coefficient (Wildman–Crippen LogP) is 1.08. The van der Waals surface area contributed by atoms with Gasteiger partial charge in [-0.2, -0.15) is 0 Å². The standard InChI is InChI=1S/C11H21NO3/c1-8(2)12(7-6-11(14)15)9-4-3-5-10(9)13/h8-10,13H,3-7H2,1-2H3,(H,14,15). The van der Waals surface area contributed by atoms with Gasteiger partial charge >= 0.3 is 5.97 Å². The molecule has 0 aromatic carbocycles. The van der Waals surface area contributed by atoms with Crippen molar-refractivity contribution in [2.75, 3.05) is 6.54 Å².